The van der Waals surface area contributed by atoms with Gasteiger partial charge in [-0.05, 0) is 52.5 Å². The molecule has 0 aliphatic carbocycles. The highest BCUT2D eigenvalue weighted by molar-refractivity contribution is 9.11. The van der Waals surface area contributed by atoms with Crippen LogP contribution >= 0.6 is 27.3 Å². The second-order valence-corrected chi connectivity index (χ2v) is 8.81. The number of hydrogen-bond acceptors (Lipinski definition) is 3. The smallest absolute Gasteiger partial charge is 0.246 e. The summed E-state index contributed by atoms with van der Waals surface area (Å²) in [6.45, 7) is 1.81. The Bertz CT molecular complexity index is 780. The molecule has 0 atom stereocenters. The number of rotatable bonds is 5. The highest BCUT2D eigenvalue weighted by atomic mass is 79.9. The van der Waals surface area contributed by atoms with Crippen LogP contribution in [0.4, 0.5) is 0 Å². The van der Waals surface area contributed by atoms with Crippen LogP contribution in [0.15, 0.2) is 52.3 Å². The van der Waals surface area contributed by atoms with Crippen LogP contribution in [0, 0.1) is 5.92 Å². The van der Waals surface area contributed by atoms with E-state index in [0.29, 0.717) is 32.5 Å². The van der Waals surface area contributed by atoms with Crippen molar-refractivity contribution >= 4 is 45.2 Å². The minimum atomic E-state index is -0.0134. The molecular weight excluding hydrogens is 412 g/mol. The van der Waals surface area contributed by atoms with E-state index in [1.165, 1.54) is 0 Å². The Morgan fingerprint density at radius 2 is 1.88 bits per heavy atom. The molecule has 1 fully saturated rings. The fourth-order valence-electron chi connectivity index (χ4n) is 2.96. The van der Waals surface area contributed by atoms with Crippen LogP contribution in [0.2, 0.25) is 0 Å². The third-order valence-electron chi connectivity index (χ3n) is 4.46. The Labute approximate surface area is 166 Å². The standard InChI is InChI=1S/C20H21BrN2O2S/c21-18-8-7-17(26-18)14-22-20(25)16-10-12-23(13-11-16)19(24)9-6-15-4-2-1-3-5-15/h1-9,16H,10-14H2,(H,22,25)/b9-6+. The lowest BCUT2D eigenvalue weighted by atomic mass is 9.96. The van der Waals surface area contributed by atoms with Crippen molar-refractivity contribution in [2.24, 2.45) is 5.92 Å². The van der Waals surface area contributed by atoms with Crippen molar-refractivity contribution in [1.82, 2.24) is 10.2 Å². The number of likely N-dealkylation sites (tertiary alicyclic amines) is 1. The number of nitrogens with one attached hydrogen (secondary N) is 1. The average Bonchev–Trinajstić information content (AvgIpc) is 3.10. The Hall–Kier alpha value is -1.92. The lowest BCUT2D eigenvalue weighted by Gasteiger charge is -2.30. The van der Waals surface area contributed by atoms with Crippen molar-refractivity contribution in [2.45, 2.75) is 19.4 Å². The van der Waals surface area contributed by atoms with E-state index < -0.39 is 0 Å². The van der Waals surface area contributed by atoms with Crippen LogP contribution in [-0.4, -0.2) is 29.8 Å². The van der Waals surface area contributed by atoms with Crippen LogP contribution < -0.4 is 5.32 Å². The lowest BCUT2D eigenvalue weighted by Crippen LogP contribution is -2.42. The first kappa shape index (κ1) is 18.9. The van der Waals surface area contributed by atoms with E-state index in [2.05, 4.69) is 21.2 Å². The lowest BCUT2D eigenvalue weighted by molar-refractivity contribution is -0.132. The van der Waals surface area contributed by atoms with Crippen molar-refractivity contribution in [2.75, 3.05) is 13.1 Å². The van der Waals surface area contributed by atoms with E-state index in [0.717, 1.165) is 14.2 Å². The second-order valence-electron chi connectivity index (χ2n) is 6.27. The number of carbonyl (C=O) groups is 2. The van der Waals surface area contributed by atoms with E-state index in [9.17, 15) is 9.59 Å². The Morgan fingerprint density at radius 3 is 2.54 bits per heavy atom. The molecule has 1 aromatic carbocycles. The van der Waals surface area contributed by atoms with Gasteiger partial charge in [-0.25, -0.2) is 0 Å². The van der Waals surface area contributed by atoms with E-state index >= 15 is 0 Å². The first-order valence-corrected chi connectivity index (χ1v) is 10.3. The van der Waals surface area contributed by atoms with Gasteiger partial charge in [-0.3, -0.25) is 9.59 Å². The number of thiophene rings is 1. The van der Waals surface area contributed by atoms with E-state index in [4.69, 9.17) is 0 Å². The maximum absolute atomic E-state index is 12.3. The first-order chi connectivity index (χ1) is 12.6. The molecule has 2 aromatic rings. The highest BCUT2D eigenvalue weighted by Crippen LogP contribution is 2.22. The van der Waals surface area contributed by atoms with Gasteiger partial charge in [0.05, 0.1) is 10.3 Å². The summed E-state index contributed by atoms with van der Waals surface area (Å²) < 4.78 is 1.07. The summed E-state index contributed by atoms with van der Waals surface area (Å²) in [6.07, 6.45) is 4.88. The summed E-state index contributed by atoms with van der Waals surface area (Å²) in [6, 6.07) is 13.8. The molecule has 2 amide bonds. The Balaban J connectivity index is 1.43. The Kier molecular flexibility index (Phi) is 6.63. The maximum atomic E-state index is 12.3. The number of benzene rings is 1. The van der Waals surface area contributed by atoms with Crippen LogP contribution in [0.1, 0.15) is 23.3 Å². The molecule has 0 saturated carbocycles. The van der Waals surface area contributed by atoms with E-state index in [1.54, 1.807) is 17.4 Å². The first-order valence-electron chi connectivity index (χ1n) is 8.66. The minimum Gasteiger partial charge on any atom is -0.351 e. The van der Waals surface area contributed by atoms with Crippen molar-refractivity contribution in [3.05, 3.63) is 62.8 Å². The molecule has 6 heteroatoms. The number of carbonyl (C=O) groups excluding carboxylic acids is 2. The van der Waals surface area contributed by atoms with Crippen molar-refractivity contribution < 1.29 is 9.59 Å². The molecular formula is C20H21BrN2O2S. The molecule has 26 heavy (non-hydrogen) atoms. The van der Waals surface area contributed by atoms with Crippen LogP contribution in [0.5, 0.6) is 0 Å². The molecule has 2 heterocycles. The van der Waals surface area contributed by atoms with Crippen molar-refractivity contribution in [3.8, 4) is 0 Å². The SMILES string of the molecule is O=C(NCc1ccc(Br)s1)C1CCN(C(=O)/C=C/c2ccccc2)CC1. The van der Waals surface area contributed by atoms with Gasteiger partial charge >= 0.3 is 0 Å². The monoisotopic (exact) mass is 432 g/mol. The summed E-state index contributed by atoms with van der Waals surface area (Å²) in [5, 5.41) is 3.01. The molecule has 136 valence electrons. The van der Waals surface area contributed by atoms with Crippen LogP contribution in [-0.2, 0) is 16.1 Å². The van der Waals surface area contributed by atoms with Gasteiger partial charge in [-0.2, -0.15) is 0 Å². The number of halogens is 1. The summed E-state index contributed by atoms with van der Waals surface area (Å²) in [7, 11) is 0. The van der Waals surface area contributed by atoms with E-state index in [-0.39, 0.29) is 17.7 Å². The van der Waals surface area contributed by atoms with Gasteiger partial charge in [0.1, 0.15) is 0 Å². The molecule has 1 aliphatic heterocycles. The van der Waals surface area contributed by atoms with Gasteiger partial charge in [0.2, 0.25) is 11.8 Å². The number of nitrogens with zero attached hydrogens (tertiary/aromatic N) is 1. The second kappa shape index (κ2) is 9.14. The average molecular weight is 433 g/mol. The molecule has 1 aromatic heterocycles. The van der Waals surface area contributed by atoms with Gasteiger partial charge in [0, 0.05) is 30.0 Å². The zero-order chi connectivity index (χ0) is 18.4. The van der Waals surface area contributed by atoms with Gasteiger partial charge in [-0.15, -0.1) is 11.3 Å². The van der Waals surface area contributed by atoms with E-state index in [1.807, 2.05) is 53.4 Å². The molecule has 0 spiro atoms. The third kappa shape index (κ3) is 5.29. The topological polar surface area (TPSA) is 49.4 Å². The fourth-order valence-corrected chi connectivity index (χ4v) is 4.39. The molecule has 3 rings (SSSR count). The molecule has 4 nitrogen and oxygen atoms in total. The minimum absolute atomic E-state index is 0.0103. The normalized spacial score (nSPS) is 15.3. The van der Waals surface area contributed by atoms with Gasteiger partial charge in [0.25, 0.3) is 0 Å². The summed E-state index contributed by atoms with van der Waals surface area (Å²) in [5.41, 5.74) is 1.01. The predicted octanol–water partition coefficient (Wildman–Crippen LogP) is 4.08. The zero-order valence-corrected chi connectivity index (χ0v) is 16.8. The molecule has 1 N–H and O–H groups in total. The number of piperidine rings is 1. The van der Waals surface area contributed by atoms with Crippen molar-refractivity contribution in [1.29, 1.82) is 0 Å². The fraction of sp³-hybridized carbons (Fsp3) is 0.300. The zero-order valence-electron chi connectivity index (χ0n) is 14.4. The summed E-state index contributed by atoms with van der Waals surface area (Å²) in [5.74, 6) is 0.0816. The predicted molar refractivity (Wildman–Crippen MR) is 109 cm³/mol. The van der Waals surface area contributed by atoms with Gasteiger partial charge in [-0.1, -0.05) is 30.3 Å². The Morgan fingerprint density at radius 1 is 1.15 bits per heavy atom. The summed E-state index contributed by atoms with van der Waals surface area (Å²) >= 11 is 5.05. The largest absolute Gasteiger partial charge is 0.351 e. The van der Waals surface area contributed by atoms with Crippen LogP contribution in [0.3, 0.4) is 0 Å². The van der Waals surface area contributed by atoms with Crippen molar-refractivity contribution in [3.63, 3.8) is 0 Å². The molecule has 0 unspecified atom stereocenters. The molecule has 1 saturated heterocycles. The van der Waals surface area contributed by atoms with Gasteiger partial charge in [0.15, 0.2) is 0 Å². The van der Waals surface area contributed by atoms with Crippen LogP contribution in [0.25, 0.3) is 6.08 Å². The van der Waals surface area contributed by atoms with Gasteiger partial charge < -0.3 is 10.2 Å². The summed E-state index contributed by atoms with van der Waals surface area (Å²) in [4.78, 5) is 27.6. The molecule has 0 radical (unpaired) electrons. The quantitative estimate of drug-likeness (QED) is 0.723. The number of hydrogen-bond donors (Lipinski definition) is 1. The third-order valence-corrected chi connectivity index (χ3v) is 6.08. The molecule has 1 aliphatic rings. The highest BCUT2D eigenvalue weighted by Gasteiger charge is 2.26. The molecule has 0 bridgehead atoms. The maximum Gasteiger partial charge on any atom is 0.246 e. The number of amides is 2.